The highest BCUT2D eigenvalue weighted by Gasteiger charge is 2.10. The van der Waals surface area contributed by atoms with E-state index in [-0.39, 0.29) is 6.61 Å². The Morgan fingerprint density at radius 2 is 1.71 bits per heavy atom. The molecule has 24 heavy (non-hydrogen) atoms. The van der Waals surface area contributed by atoms with Gasteiger partial charge < -0.3 is 9.26 Å². The monoisotopic (exact) mass is 316 g/mol. The fourth-order valence-corrected chi connectivity index (χ4v) is 2.59. The summed E-state index contributed by atoms with van der Waals surface area (Å²) in [5.41, 5.74) is 2.13. The molecule has 1 heterocycles. The van der Waals surface area contributed by atoms with Gasteiger partial charge in [-0.15, -0.1) is 0 Å². The highest BCUT2D eigenvalue weighted by molar-refractivity contribution is 5.88. The third-order valence-electron chi connectivity index (χ3n) is 3.88. The summed E-state index contributed by atoms with van der Waals surface area (Å²) < 4.78 is 11.2. The predicted molar refractivity (Wildman–Crippen MR) is 92.8 cm³/mol. The van der Waals surface area contributed by atoms with E-state index in [2.05, 4.69) is 22.3 Å². The molecule has 118 valence electrons. The number of rotatable bonds is 4. The Morgan fingerprint density at radius 3 is 2.58 bits per heavy atom. The van der Waals surface area contributed by atoms with Crippen molar-refractivity contribution in [3.05, 3.63) is 78.2 Å². The zero-order valence-electron chi connectivity index (χ0n) is 13.3. The quantitative estimate of drug-likeness (QED) is 0.544. The first-order valence-corrected chi connectivity index (χ1v) is 7.80. The number of aromatic nitrogens is 2. The van der Waals surface area contributed by atoms with Crippen molar-refractivity contribution in [2.45, 2.75) is 13.5 Å². The first kappa shape index (κ1) is 14.5. The van der Waals surface area contributed by atoms with E-state index in [9.17, 15) is 0 Å². The highest BCUT2D eigenvalue weighted by atomic mass is 16.5. The zero-order chi connectivity index (χ0) is 16.4. The van der Waals surface area contributed by atoms with E-state index in [4.69, 9.17) is 9.26 Å². The first-order valence-electron chi connectivity index (χ1n) is 7.80. The van der Waals surface area contributed by atoms with Crippen LogP contribution in [-0.4, -0.2) is 10.1 Å². The second-order valence-electron chi connectivity index (χ2n) is 5.64. The van der Waals surface area contributed by atoms with Crippen molar-refractivity contribution in [3.8, 4) is 17.1 Å². The van der Waals surface area contributed by atoms with Gasteiger partial charge in [0.15, 0.2) is 6.61 Å². The number of ether oxygens (including phenoxy) is 1. The Hall–Kier alpha value is -3.14. The molecule has 4 aromatic rings. The standard InChI is InChI=1S/C20H16N2O2/c1-14-9-11-16(12-10-14)20-21-19(24-22-20)13-23-18-8-4-6-15-5-2-3-7-17(15)18/h2-12H,13H2,1H3. The van der Waals surface area contributed by atoms with E-state index < -0.39 is 0 Å². The summed E-state index contributed by atoms with van der Waals surface area (Å²) in [6.45, 7) is 2.29. The van der Waals surface area contributed by atoms with Crippen LogP contribution in [0, 0.1) is 6.92 Å². The van der Waals surface area contributed by atoms with Crippen LogP contribution in [0.25, 0.3) is 22.2 Å². The van der Waals surface area contributed by atoms with Crippen molar-refractivity contribution >= 4 is 10.8 Å². The first-order chi connectivity index (χ1) is 11.8. The van der Waals surface area contributed by atoms with Gasteiger partial charge in [-0.25, -0.2) is 0 Å². The van der Waals surface area contributed by atoms with E-state index in [0.717, 1.165) is 22.1 Å². The van der Waals surface area contributed by atoms with E-state index in [1.54, 1.807) is 0 Å². The summed E-state index contributed by atoms with van der Waals surface area (Å²) >= 11 is 0. The predicted octanol–water partition coefficient (Wildman–Crippen LogP) is 4.78. The van der Waals surface area contributed by atoms with Gasteiger partial charge in [-0.3, -0.25) is 0 Å². The van der Waals surface area contributed by atoms with E-state index in [1.807, 2.05) is 61.5 Å². The number of hydrogen-bond donors (Lipinski definition) is 0. The second-order valence-corrected chi connectivity index (χ2v) is 5.64. The number of nitrogens with zero attached hydrogens (tertiary/aromatic N) is 2. The van der Waals surface area contributed by atoms with Crippen LogP contribution < -0.4 is 4.74 Å². The van der Waals surface area contributed by atoms with Crippen molar-refractivity contribution in [1.29, 1.82) is 0 Å². The third kappa shape index (κ3) is 2.86. The van der Waals surface area contributed by atoms with E-state index in [1.165, 1.54) is 5.56 Å². The lowest BCUT2D eigenvalue weighted by molar-refractivity contribution is 0.245. The largest absolute Gasteiger partial charge is 0.483 e. The Labute approximate surface area is 139 Å². The van der Waals surface area contributed by atoms with Gasteiger partial charge in [-0.05, 0) is 18.4 Å². The minimum Gasteiger partial charge on any atom is -0.483 e. The van der Waals surface area contributed by atoms with Crippen LogP contribution >= 0.6 is 0 Å². The third-order valence-corrected chi connectivity index (χ3v) is 3.88. The molecule has 3 aromatic carbocycles. The number of fused-ring (bicyclic) bond motifs is 1. The molecule has 4 heteroatoms. The Morgan fingerprint density at radius 1 is 0.917 bits per heavy atom. The van der Waals surface area contributed by atoms with Crippen LogP contribution in [0.1, 0.15) is 11.5 Å². The van der Waals surface area contributed by atoms with E-state index >= 15 is 0 Å². The molecule has 0 aliphatic heterocycles. The fourth-order valence-electron chi connectivity index (χ4n) is 2.59. The molecular formula is C20H16N2O2. The molecule has 0 aliphatic carbocycles. The molecule has 0 unspecified atom stereocenters. The lowest BCUT2D eigenvalue weighted by Crippen LogP contribution is -1.96. The van der Waals surface area contributed by atoms with Crippen molar-refractivity contribution < 1.29 is 9.26 Å². The second kappa shape index (κ2) is 6.16. The molecular weight excluding hydrogens is 300 g/mol. The van der Waals surface area contributed by atoms with Crippen LogP contribution in [-0.2, 0) is 6.61 Å². The molecule has 0 saturated carbocycles. The molecule has 0 fully saturated rings. The van der Waals surface area contributed by atoms with Gasteiger partial charge >= 0.3 is 0 Å². The summed E-state index contributed by atoms with van der Waals surface area (Å²) in [6, 6.07) is 22.1. The maximum absolute atomic E-state index is 5.88. The summed E-state index contributed by atoms with van der Waals surface area (Å²) in [4.78, 5) is 4.40. The van der Waals surface area contributed by atoms with Gasteiger partial charge in [0.05, 0.1) is 0 Å². The molecule has 4 rings (SSSR count). The summed E-state index contributed by atoms with van der Waals surface area (Å²) in [5.74, 6) is 1.84. The van der Waals surface area contributed by atoms with Crippen molar-refractivity contribution in [2.24, 2.45) is 0 Å². The van der Waals surface area contributed by atoms with Crippen molar-refractivity contribution in [3.63, 3.8) is 0 Å². The minimum absolute atomic E-state index is 0.243. The summed E-state index contributed by atoms with van der Waals surface area (Å²) in [7, 11) is 0. The highest BCUT2D eigenvalue weighted by Crippen LogP contribution is 2.26. The van der Waals surface area contributed by atoms with Crippen LogP contribution in [0.4, 0.5) is 0 Å². The molecule has 0 spiro atoms. The number of aryl methyl sites for hydroxylation is 1. The molecule has 0 saturated heterocycles. The maximum Gasteiger partial charge on any atom is 0.264 e. The van der Waals surface area contributed by atoms with Crippen LogP contribution in [0.2, 0.25) is 0 Å². The summed E-state index contributed by atoms with van der Waals surface area (Å²) in [6.07, 6.45) is 0. The molecule has 0 aliphatic rings. The lowest BCUT2D eigenvalue weighted by atomic mass is 10.1. The fraction of sp³-hybridized carbons (Fsp3) is 0.100. The van der Waals surface area contributed by atoms with Gasteiger partial charge in [0.25, 0.3) is 5.89 Å². The van der Waals surface area contributed by atoms with Crippen LogP contribution in [0.15, 0.2) is 71.3 Å². The molecule has 0 amide bonds. The zero-order valence-corrected chi connectivity index (χ0v) is 13.3. The average molecular weight is 316 g/mol. The van der Waals surface area contributed by atoms with Gasteiger partial charge in [0, 0.05) is 10.9 Å². The molecule has 0 N–H and O–H groups in total. The van der Waals surface area contributed by atoms with Crippen LogP contribution in [0.3, 0.4) is 0 Å². The number of benzene rings is 3. The smallest absolute Gasteiger partial charge is 0.264 e. The van der Waals surface area contributed by atoms with Gasteiger partial charge in [-0.2, -0.15) is 4.98 Å². The van der Waals surface area contributed by atoms with Gasteiger partial charge in [-0.1, -0.05) is 71.4 Å². The SMILES string of the molecule is Cc1ccc(-c2noc(COc3cccc4ccccc34)n2)cc1. The van der Waals surface area contributed by atoms with Crippen molar-refractivity contribution in [1.82, 2.24) is 10.1 Å². The molecule has 4 nitrogen and oxygen atoms in total. The van der Waals surface area contributed by atoms with Gasteiger partial charge in [0.2, 0.25) is 5.82 Å². The molecule has 0 bridgehead atoms. The normalized spacial score (nSPS) is 10.9. The lowest BCUT2D eigenvalue weighted by Gasteiger charge is -2.06. The molecule has 0 radical (unpaired) electrons. The minimum atomic E-state index is 0.243. The average Bonchev–Trinajstić information content (AvgIpc) is 3.09. The topological polar surface area (TPSA) is 48.2 Å². The van der Waals surface area contributed by atoms with Crippen LogP contribution in [0.5, 0.6) is 5.75 Å². The summed E-state index contributed by atoms with van der Waals surface area (Å²) in [5, 5.41) is 6.23. The molecule has 1 aromatic heterocycles. The van der Waals surface area contributed by atoms with Crippen molar-refractivity contribution in [2.75, 3.05) is 0 Å². The Balaban J connectivity index is 1.53. The van der Waals surface area contributed by atoms with E-state index in [0.29, 0.717) is 11.7 Å². The molecule has 0 atom stereocenters. The maximum atomic E-state index is 5.88. The number of hydrogen-bond acceptors (Lipinski definition) is 4. The van der Waals surface area contributed by atoms with Gasteiger partial charge in [0.1, 0.15) is 5.75 Å². The Bertz CT molecular complexity index is 969. The Kier molecular flexibility index (Phi) is 3.71.